The summed E-state index contributed by atoms with van der Waals surface area (Å²) in [6, 6.07) is 9.59. The predicted octanol–water partition coefficient (Wildman–Crippen LogP) is 1.89. The van der Waals surface area contributed by atoms with Gasteiger partial charge in [0, 0.05) is 5.39 Å². The molecule has 0 amide bonds. The first-order chi connectivity index (χ1) is 6.57. The van der Waals surface area contributed by atoms with Crippen LogP contribution in [0.1, 0.15) is 0 Å². The molecule has 0 bridgehead atoms. The van der Waals surface area contributed by atoms with Crippen LogP contribution in [0.15, 0.2) is 41.4 Å². The van der Waals surface area contributed by atoms with Crippen LogP contribution < -0.4 is 0 Å². The molecule has 5 heteroatoms. The lowest BCUT2D eigenvalue weighted by atomic mass is 10.2. The summed E-state index contributed by atoms with van der Waals surface area (Å²) in [5.74, 6) is 0. The fourth-order valence-electron chi connectivity index (χ4n) is 1.18. The van der Waals surface area contributed by atoms with E-state index in [1.165, 1.54) is 6.07 Å². The van der Waals surface area contributed by atoms with Crippen molar-refractivity contribution in [3.05, 3.63) is 36.4 Å². The van der Waals surface area contributed by atoms with E-state index in [2.05, 4.69) is 4.98 Å². The van der Waals surface area contributed by atoms with E-state index in [-0.39, 0.29) is 0 Å². The zero-order valence-corrected chi connectivity index (χ0v) is 7.83. The van der Waals surface area contributed by atoms with Crippen LogP contribution >= 0.6 is 0 Å². The van der Waals surface area contributed by atoms with Gasteiger partial charge in [0.05, 0.1) is 5.52 Å². The predicted molar refractivity (Wildman–Crippen MR) is 50.0 cm³/mol. The van der Waals surface area contributed by atoms with E-state index in [4.69, 9.17) is 0 Å². The van der Waals surface area contributed by atoms with E-state index in [1.807, 2.05) is 0 Å². The van der Waals surface area contributed by atoms with Gasteiger partial charge in [-0.05, 0) is 18.2 Å². The zero-order chi connectivity index (χ0) is 10.2. The molecule has 0 saturated heterocycles. The average Bonchev–Trinajstić information content (AvgIpc) is 2.16. The summed E-state index contributed by atoms with van der Waals surface area (Å²) in [4.78, 5) is 3.68. The van der Waals surface area contributed by atoms with Crippen molar-refractivity contribution in [1.29, 1.82) is 0 Å². The van der Waals surface area contributed by atoms with Crippen LogP contribution in [0, 0.1) is 0 Å². The number of halogens is 1. The van der Waals surface area contributed by atoms with Crippen LogP contribution in [-0.4, -0.2) is 13.4 Å². The van der Waals surface area contributed by atoms with Gasteiger partial charge in [0.15, 0.2) is 5.03 Å². The molecule has 1 aromatic heterocycles. The molecule has 0 spiro atoms. The molecular formula is C9H6FNO2S. The molecule has 0 aliphatic heterocycles. The maximum atomic E-state index is 12.6. The van der Waals surface area contributed by atoms with Gasteiger partial charge in [-0.25, -0.2) is 4.98 Å². The van der Waals surface area contributed by atoms with E-state index >= 15 is 0 Å². The maximum absolute atomic E-state index is 12.6. The van der Waals surface area contributed by atoms with Crippen molar-refractivity contribution >= 4 is 21.1 Å². The molecule has 72 valence electrons. The topological polar surface area (TPSA) is 47.0 Å². The van der Waals surface area contributed by atoms with Crippen LogP contribution in [0.3, 0.4) is 0 Å². The van der Waals surface area contributed by atoms with Gasteiger partial charge in [-0.1, -0.05) is 22.1 Å². The van der Waals surface area contributed by atoms with Gasteiger partial charge >= 0.3 is 10.2 Å². The number of pyridine rings is 1. The summed E-state index contributed by atoms with van der Waals surface area (Å²) < 4.78 is 33.7. The Hall–Kier alpha value is -1.49. The van der Waals surface area contributed by atoms with Crippen LogP contribution in [0.4, 0.5) is 3.89 Å². The molecule has 0 fully saturated rings. The number of nitrogens with zero attached hydrogens (tertiary/aromatic N) is 1. The highest BCUT2D eigenvalue weighted by Gasteiger charge is 2.13. The van der Waals surface area contributed by atoms with Gasteiger partial charge in [-0.15, -0.1) is 0 Å². The first-order valence-corrected chi connectivity index (χ1v) is 5.26. The molecule has 14 heavy (non-hydrogen) atoms. The Kier molecular flexibility index (Phi) is 1.96. The number of rotatable bonds is 1. The molecule has 0 N–H and O–H groups in total. The highest BCUT2D eigenvalue weighted by atomic mass is 32.3. The summed E-state index contributed by atoms with van der Waals surface area (Å²) in [5, 5.41) is 0.233. The molecule has 2 rings (SSSR count). The SMILES string of the molecule is O=S(=O)(F)c1ccc2ccccc2n1. The van der Waals surface area contributed by atoms with Crippen molar-refractivity contribution in [1.82, 2.24) is 4.98 Å². The largest absolute Gasteiger partial charge is 0.349 e. The number of hydrogen-bond acceptors (Lipinski definition) is 3. The second kappa shape index (κ2) is 3.02. The van der Waals surface area contributed by atoms with E-state index in [0.717, 1.165) is 11.5 Å². The second-order valence-electron chi connectivity index (χ2n) is 2.78. The molecule has 1 heterocycles. The van der Waals surface area contributed by atoms with Crippen LogP contribution in [0.25, 0.3) is 10.9 Å². The van der Waals surface area contributed by atoms with Gasteiger partial charge in [-0.3, -0.25) is 0 Å². The number of hydrogen-bond donors (Lipinski definition) is 0. The summed E-state index contributed by atoms with van der Waals surface area (Å²) >= 11 is 0. The Bertz CT molecular complexity index is 580. The van der Waals surface area contributed by atoms with Crippen molar-refractivity contribution in [2.45, 2.75) is 5.03 Å². The lowest BCUT2D eigenvalue weighted by Crippen LogP contribution is -1.95. The maximum Gasteiger partial charge on any atom is 0.349 e. The number of benzene rings is 1. The molecule has 0 saturated carbocycles. The van der Waals surface area contributed by atoms with E-state index in [1.54, 1.807) is 24.3 Å². The molecule has 0 atom stereocenters. The minimum atomic E-state index is -4.71. The number of aromatic nitrogens is 1. The minimum absolute atomic E-state index is 0.464. The fourth-order valence-corrected chi connectivity index (χ4v) is 1.62. The molecule has 1 aromatic carbocycles. The van der Waals surface area contributed by atoms with Crippen molar-refractivity contribution in [3.8, 4) is 0 Å². The molecule has 3 nitrogen and oxygen atoms in total. The van der Waals surface area contributed by atoms with E-state index in [9.17, 15) is 12.3 Å². The fraction of sp³-hybridized carbons (Fsp3) is 0. The summed E-state index contributed by atoms with van der Waals surface area (Å²) in [5.41, 5.74) is 0.464. The Morgan fingerprint density at radius 3 is 2.50 bits per heavy atom. The lowest BCUT2D eigenvalue weighted by molar-refractivity contribution is 0.548. The van der Waals surface area contributed by atoms with E-state index in [0.29, 0.717) is 5.52 Å². The lowest BCUT2D eigenvalue weighted by Gasteiger charge is -1.97. The smallest absolute Gasteiger partial charge is 0.234 e. The highest BCUT2D eigenvalue weighted by Crippen LogP contribution is 2.15. The quantitative estimate of drug-likeness (QED) is 0.677. The normalized spacial score (nSPS) is 11.8. The molecular weight excluding hydrogens is 205 g/mol. The summed E-state index contributed by atoms with van der Waals surface area (Å²) in [6.07, 6.45) is 0. The van der Waals surface area contributed by atoms with Crippen molar-refractivity contribution in [2.75, 3.05) is 0 Å². The summed E-state index contributed by atoms with van der Waals surface area (Å²) in [7, 11) is -4.71. The Morgan fingerprint density at radius 2 is 1.79 bits per heavy atom. The third-order valence-electron chi connectivity index (χ3n) is 1.82. The first kappa shape index (κ1) is 9.08. The molecule has 2 aromatic rings. The monoisotopic (exact) mass is 211 g/mol. The third kappa shape index (κ3) is 1.58. The average molecular weight is 211 g/mol. The molecule has 0 aliphatic carbocycles. The van der Waals surface area contributed by atoms with Crippen molar-refractivity contribution < 1.29 is 12.3 Å². The van der Waals surface area contributed by atoms with Gasteiger partial charge in [0.2, 0.25) is 0 Å². The van der Waals surface area contributed by atoms with Gasteiger partial charge in [-0.2, -0.15) is 8.42 Å². The number of para-hydroxylation sites is 1. The standard InChI is InChI=1S/C9H6FNO2S/c10-14(12,13)9-6-5-7-3-1-2-4-8(7)11-9/h1-6H. The summed E-state index contributed by atoms with van der Waals surface area (Å²) in [6.45, 7) is 0. The van der Waals surface area contributed by atoms with Crippen molar-refractivity contribution in [2.24, 2.45) is 0 Å². The van der Waals surface area contributed by atoms with Gasteiger partial charge in [0.25, 0.3) is 0 Å². The molecule has 0 radical (unpaired) electrons. The Balaban J connectivity index is 2.75. The van der Waals surface area contributed by atoms with E-state index < -0.39 is 15.2 Å². The second-order valence-corrected chi connectivity index (χ2v) is 4.07. The Labute approximate surface area is 80.4 Å². The van der Waals surface area contributed by atoms with Crippen molar-refractivity contribution in [3.63, 3.8) is 0 Å². The molecule has 0 aliphatic rings. The van der Waals surface area contributed by atoms with Gasteiger partial charge < -0.3 is 0 Å². The van der Waals surface area contributed by atoms with Crippen LogP contribution in [-0.2, 0) is 10.2 Å². The highest BCUT2D eigenvalue weighted by molar-refractivity contribution is 7.86. The third-order valence-corrected chi connectivity index (χ3v) is 2.55. The van der Waals surface area contributed by atoms with Crippen LogP contribution in [0.5, 0.6) is 0 Å². The minimum Gasteiger partial charge on any atom is -0.234 e. The first-order valence-electron chi connectivity index (χ1n) is 3.88. The molecule has 0 unspecified atom stereocenters. The van der Waals surface area contributed by atoms with Gasteiger partial charge in [0.1, 0.15) is 0 Å². The zero-order valence-electron chi connectivity index (χ0n) is 7.01. The Morgan fingerprint density at radius 1 is 1.07 bits per heavy atom. The van der Waals surface area contributed by atoms with Crippen LogP contribution in [0.2, 0.25) is 0 Å². The number of fused-ring (bicyclic) bond motifs is 1.